The fraction of sp³-hybridized carbons (Fsp3) is 0.500. The van der Waals surface area contributed by atoms with Crippen LogP contribution in [0.2, 0.25) is 0 Å². The molecule has 3 aliphatic heterocycles. The molecule has 9 heteroatoms. The lowest BCUT2D eigenvalue weighted by atomic mass is 9.92. The molecule has 1 saturated heterocycles. The molecule has 4 rings (SSSR count). The van der Waals surface area contributed by atoms with Gasteiger partial charge in [-0.15, -0.1) is 0 Å². The van der Waals surface area contributed by atoms with Gasteiger partial charge in [0.25, 0.3) is 0 Å². The molecule has 8 nitrogen and oxygen atoms in total. The zero-order chi connectivity index (χ0) is 24.9. The molecule has 0 aliphatic carbocycles. The Morgan fingerprint density at radius 3 is 2.54 bits per heavy atom. The first kappa shape index (κ1) is 25.5. The molecule has 1 unspecified atom stereocenters. The number of carbonyl (C=O) groups is 2. The minimum absolute atomic E-state index is 0.0470. The Kier molecular flexibility index (Phi) is 8.30. The third kappa shape index (κ3) is 5.63. The standard InChI is InChI=1S/C26H33N3O5S/c1-17(2)19-5-7-20(8-6-19)24-23(25(31)34-14-13-32-4)18(3)27-26-29(24)21(16-35-26)15-22(30)28-9-11-33-12-10-28/h5-8,16-17,24H,9-15H2,1-4H3. The summed E-state index contributed by atoms with van der Waals surface area (Å²) in [5.41, 5.74) is 4.11. The molecule has 1 aromatic carbocycles. The van der Waals surface area contributed by atoms with Crippen molar-refractivity contribution in [1.29, 1.82) is 0 Å². The number of fused-ring (bicyclic) bond motifs is 1. The molecule has 0 N–H and O–H groups in total. The van der Waals surface area contributed by atoms with Crippen LogP contribution in [0.4, 0.5) is 0 Å². The van der Waals surface area contributed by atoms with Gasteiger partial charge in [0.05, 0.1) is 43.6 Å². The molecule has 0 radical (unpaired) electrons. The number of carbonyl (C=O) groups excluding carboxylic acids is 2. The summed E-state index contributed by atoms with van der Waals surface area (Å²) in [6, 6.07) is 7.88. The van der Waals surface area contributed by atoms with E-state index in [2.05, 4.69) is 38.1 Å². The highest BCUT2D eigenvalue weighted by atomic mass is 32.2. The maximum atomic E-state index is 13.3. The van der Waals surface area contributed by atoms with Crippen molar-refractivity contribution in [2.45, 2.75) is 39.2 Å². The molecule has 0 spiro atoms. The predicted octanol–water partition coefficient (Wildman–Crippen LogP) is 3.82. The molecule has 1 aromatic rings. The minimum Gasteiger partial charge on any atom is -0.460 e. The van der Waals surface area contributed by atoms with E-state index in [1.807, 2.05) is 22.1 Å². The third-order valence-corrected chi connectivity index (χ3v) is 7.24. The molecule has 0 bridgehead atoms. The van der Waals surface area contributed by atoms with E-state index in [1.54, 1.807) is 7.11 Å². The number of nitrogens with zero attached hydrogens (tertiary/aromatic N) is 3. The van der Waals surface area contributed by atoms with Gasteiger partial charge >= 0.3 is 5.97 Å². The fourth-order valence-corrected chi connectivity index (χ4v) is 5.35. The van der Waals surface area contributed by atoms with E-state index in [9.17, 15) is 9.59 Å². The summed E-state index contributed by atoms with van der Waals surface area (Å²) >= 11 is 1.48. The molecule has 1 fully saturated rings. The molecule has 1 amide bonds. The summed E-state index contributed by atoms with van der Waals surface area (Å²) in [5, 5.41) is 2.73. The number of hydrogen-bond donors (Lipinski definition) is 0. The molecule has 188 valence electrons. The van der Waals surface area contributed by atoms with Gasteiger partial charge in [0.2, 0.25) is 5.91 Å². The van der Waals surface area contributed by atoms with Gasteiger partial charge in [-0.3, -0.25) is 4.79 Å². The van der Waals surface area contributed by atoms with Crippen molar-refractivity contribution < 1.29 is 23.8 Å². The predicted molar refractivity (Wildman–Crippen MR) is 136 cm³/mol. The summed E-state index contributed by atoms with van der Waals surface area (Å²) in [4.78, 5) is 34.9. The lowest BCUT2D eigenvalue weighted by molar-refractivity contribution is -0.141. The van der Waals surface area contributed by atoms with Gasteiger partial charge in [-0.05, 0) is 29.4 Å². The number of amidine groups is 1. The van der Waals surface area contributed by atoms with Crippen LogP contribution in [0.3, 0.4) is 0 Å². The number of thioether (sulfide) groups is 1. The number of aliphatic imine (C=N–C) groups is 1. The monoisotopic (exact) mass is 499 g/mol. The maximum Gasteiger partial charge on any atom is 0.338 e. The Labute approximate surface area is 211 Å². The Balaban J connectivity index is 1.67. The van der Waals surface area contributed by atoms with Crippen LogP contribution in [0.15, 0.2) is 51.6 Å². The summed E-state index contributed by atoms with van der Waals surface area (Å²) in [7, 11) is 1.57. The van der Waals surface area contributed by atoms with E-state index in [0.29, 0.717) is 50.1 Å². The quantitative estimate of drug-likeness (QED) is 0.397. The van der Waals surface area contributed by atoms with E-state index in [1.165, 1.54) is 17.3 Å². The van der Waals surface area contributed by atoms with Crippen LogP contribution >= 0.6 is 11.8 Å². The van der Waals surface area contributed by atoms with Crippen molar-refractivity contribution in [2.75, 3.05) is 46.6 Å². The van der Waals surface area contributed by atoms with E-state index < -0.39 is 12.0 Å². The van der Waals surface area contributed by atoms with Crippen molar-refractivity contribution in [3.63, 3.8) is 0 Å². The average molecular weight is 500 g/mol. The normalized spacial score (nSPS) is 20.1. The maximum absolute atomic E-state index is 13.3. The molecule has 35 heavy (non-hydrogen) atoms. The number of esters is 1. The highest BCUT2D eigenvalue weighted by Crippen LogP contribution is 2.45. The van der Waals surface area contributed by atoms with Gasteiger partial charge in [-0.25, -0.2) is 9.79 Å². The Hall–Kier alpha value is -2.62. The molecule has 0 saturated carbocycles. The summed E-state index contributed by atoms with van der Waals surface area (Å²) in [6.07, 6.45) is 0.234. The van der Waals surface area contributed by atoms with Crippen molar-refractivity contribution in [1.82, 2.24) is 9.80 Å². The summed E-state index contributed by atoms with van der Waals surface area (Å²) in [6.45, 7) is 8.92. The van der Waals surface area contributed by atoms with Gasteiger partial charge in [0, 0.05) is 25.9 Å². The zero-order valence-electron chi connectivity index (χ0n) is 20.8. The number of methoxy groups -OCH3 is 1. The van der Waals surface area contributed by atoms with Gasteiger partial charge in [0.15, 0.2) is 5.17 Å². The Bertz CT molecular complexity index is 1040. The summed E-state index contributed by atoms with van der Waals surface area (Å²) in [5.74, 6) is 0.0223. The van der Waals surface area contributed by atoms with E-state index in [4.69, 9.17) is 19.2 Å². The molecular formula is C26H33N3O5S. The number of morpholine rings is 1. The van der Waals surface area contributed by atoms with Crippen LogP contribution in [-0.2, 0) is 23.8 Å². The molecule has 1 atom stereocenters. The smallest absolute Gasteiger partial charge is 0.338 e. The van der Waals surface area contributed by atoms with Crippen molar-refractivity contribution in [3.05, 3.63) is 57.8 Å². The highest BCUT2D eigenvalue weighted by Gasteiger charge is 2.41. The SMILES string of the molecule is COCCOC(=O)C1=C(C)N=C2SC=C(CC(=O)N3CCOCC3)N2C1c1ccc(C(C)C)cc1. The molecule has 0 aromatic heterocycles. The topological polar surface area (TPSA) is 80.7 Å². The first-order valence-corrected chi connectivity index (χ1v) is 12.8. The van der Waals surface area contributed by atoms with E-state index in [0.717, 1.165) is 16.4 Å². The number of benzene rings is 1. The average Bonchev–Trinajstić information content (AvgIpc) is 3.25. The molecular weight excluding hydrogens is 466 g/mol. The van der Waals surface area contributed by atoms with E-state index in [-0.39, 0.29) is 18.9 Å². The van der Waals surface area contributed by atoms with Crippen molar-refractivity contribution >= 4 is 28.8 Å². The fourth-order valence-electron chi connectivity index (χ4n) is 4.38. The molecule has 3 heterocycles. The number of hydrogen-bond acceptors (Lipinski definition) is 8. The number of rotatable bonds is 8. The van der Waals surface area contributed by atoms with Crippen LogP contribution in [-0.4, -0.2) is 73.5 Å². The molecule has 3 aliphatic rings. The second kappa shape index (κ2) is 11.4. The van der Waals surface area contributed by atoms with Gasteiger partial charge < -0.3 is 24.0 Å². The van der Waals surface area contributed by atoms with Crippen LogP contribution in [0, 0.1) is 0 Å². The lowest BCUT2D eigenvalue weighted by Gasteiger charge is -2.37. The first-order chi connectivity index (χ1) is 16.9. The van der Waals surface area contributed by atoms with E-state index >= 15 is 0 Å². The second-order valence-corrected chi connectivity index (χ2v) is 9.85. The van der Waals surface area contributed by atoms with Crippen LogP contribution in [0.25, 0.3) is 0 Å². The van der Waals surface area contributed by atoms with Crippen LogP contribution in [0.5, 0.6) is 0 Å². The number of allylic oxidation sites excluding steroid dienone is 1. The summed E-state index contributed by atoms with van der Waals surface area (Å²) < 4.78 is 16.0. The third-order valence-electron chi connectivity index (χ3n) is 6.36. The van der Waals surface area contributed by atoms with Crippen LogP contribution in [0.1, 0.15) is 50.3 Å². The number of ether oxygens (including phenoxy) is 3. The zero-order valence-corrected chi connectivity index (χ0v) is 21.6. The minimum atomic E-state index is -0.433. The van der Waals surface area contributed by atoms with Gasteiger partial charge in [-0.1, -0.05) is 49.9 Å². The van der Waals surface area contributed by atoms with Gasteiger partial charge in [0.1, 0.15) is 6.61 Å². The van der Waals surface area contributed by atoms with Gasteiger partial charge in [-0.2, -0.15) is 0 Å². The van der Waals surface area contributed by atoms with Crippen LogP contribution < -0.4 is 0 Å². The Morgan fingerprint density at radius 1 is 1.17 bits per heavy atom. The van der Waals surface area contributed by atoms with Crippen molar-refractivity contribution in [2.24, 2.45) is 4.99 Å². The van der Waals surface area contributed by atoms with Crippen molar-refractivity contribution in [3.8, 4) is 0 Å². The lowest BCUT2D eigenvalue weighted by Crippen LogP contribution is -2.42. The highest BCUT2D eigenvalue weighted by molar-refractivity contribution is 8.16. The largest absolute Gasteiger partial charge is 0.460 e. The first-order valence-electron chi connectivity index (χ1n) is 12.0. The second-order valence-electron chi connectivity index (χ2n) is 9.01. The Morgan fingerprint density at radius 2 is 1.89 bits per heavy atom. The number of amides is 1.